The number of fused-ring (bicyclic) bond motifs is 1. The lowest BCUT2D eigenvalue weighted by molar-refractivity contribution is 0.428. The Morgan fingerprint density at radius 1 is 1.67 bits per heavy atom. The fourth-order valence-corrected chi connectivity index (χ4v) is 2.04. The summed E-state index contributed by atoms with van der Waals surface area (Å²) in [6, 6.07) is 0. The lowest BCUT2D eigenvalue weighted by Gasteiger charge is -1.70. The maximum atomic E-state index is 4.72. The third-order valence-corrected chi connectivity index (χ3v) is 2.86. The summed E-state index contributed by atoms with van der Waals surface area (Å²) in [5.41, 5.74) is 0.917. The van der Waals surface area contributed by atoms with Crippen molar-refractivity contribution in [3.8, 4) is 0 Å². The molecule has 46 valence electrons. The van der Waals surface area contributed by atoms with E-state index >= 15 is 0 Å². The quantitative estimate of drug-likeness (QED) is 0.659. The van der Waals surface area contributed by atoms with Gasteiger partial charge in [0, 0.05) is 5.38 Å². The number of nitrogens with zero attached hydrogens (tertiary/aromatic N) is 1. The summed E-state index contributed by atoms with van der Waals surface area (Å²) in [6.45, 7) is 0. The Balaban J connectivity index is 2.99. The van der Waals surface area contributed by atoms with Gasteiger partial charge in [-0.25, -0.2) is 0 Å². The molecule has 0 saturated carbocycles. The molecule has 0 aliphatic carbocycles. The highest BCUT2D eigenvalue weighted by atomic mass is 79.9. The average molecular weight is 204 g/mol. The molecule has 0 fully saturated rings. The molecule has 0 aliphatic heterocycles. The first-order valence-electron chi connectivity index (χ1n) is 2.35. The molecule has 0 aromatic carbocycles. The second-order valence-corrected chi connectivity index (χ2v) is 3.38. The molecule has 0 saturated heterocycles. The van der Waals surface area contributed by atoms with Gasteiger partial charge in [0.1, 0.15) is 11.8 Å². The maximum absolute atomic E-state index is 4.72. The zero-order chi connectivity index (χ0) is 6.27. The van der Waals surface area contributed by atoms with E-state index in [1.165, 1.54) is 0 Å². The summed E-state index contributed by atoms with van der Waals surface area (Å²) in [5, 5.41) is 5.76. The lowest BCUT2D eigenvalue weighted by atomic mass is 10.5. The van der Waals surface area contributed by atoms with Crippen molar-refractivity contribution in [2.45, 2.75) is 0 Å². The van der Waals surface area contributed by atoms with Gasteiger partial charge in [-0.15, -0.1) is 11.3 Å². The largest absolute Gasteiger partial charge is 0.363 e. The molecule has 2 nitrogen and oxygen atoms in total. The van der Waals surface area contributed by atoms with E-state index in [9.17, 15) is 0 Å². The predicted octanol–water partition coefficient (Wildman–Crippen LogP) is 2.65. The first-order valence-corrected chi connectivity index (χ1v) is 4.02. The molecule has 2 aromatic rings. The first-order chi connectivity index (χ1) is 4.38. The summed E-state index contributed by atoms with van der Waals surface area (Å²) in [5.74, 6) is 0. The van der Waals surface area contributed by atoms with Crippen LogP contribution in [0.4, 0.5) is 0 Å². The van der Waals surface area contributed by atoms with Crippen LogP contribution in [-0.2, 0) is 0 Å². The summed E-state index contributed by atoms with van der Waals surface area (Å²) in [6.07, 6.45) is 1.64. The number of hydrogen-bond donors (Lipinski definition) is 0. The molecule has 0 amide bonds. The van der Waals surface area contributed by atoms with E-state index in [1.54, 1.807) is 17.6 Å². The summed E-state index contributed by atoms with van der Waals surface area (Å²) < 4.78 is 6.81. The number of thiophene rings is 1. The van der Waals surface area contributed by atoms with Crippen molar-refractivity contribution in [2.75, 3.05) is 0 Å². The van der Waals surface area contributed by atoms with E-state index in [2.05, 4.69) is 21.1 Å². The fourth-order valence-electron chi connectivity index (χ4n) is 0.644. The van der Waals surface area contributed by atoms with Crippen molar-refractivity contribution in [2.24, 2.45) is 0 Å². The Morgan fingerprint density at radius 3 is 3.33 bits per heavy atom. The van der Waals surface area contributed by atoms with Crippen LogP contribution in [-0.4, -0.2) is 5.16 Å². The molecule has 2 heterocycles. The number of aromatic nitrogens is 1. The van der Waals surface area contributed by atoms with E-state index in [4.69, 9.17) is 4.52 Å². The number of halogens is 1. The van der Waals surface area contributed by atoms with Gasteiger partial charge < -0.3 is 4.52 Å². The van der Waals surface area contributed by atoms with Gasteiger partial charge in [-0.1, -0.05) is 5.16 Å². The van der Waals surface area contributed by atoms with Crippen molar-refractivity contribution in [3.63, 3.8) is 0 Å². The van der Waals surface area contributed by atoms with E-state index < -0.39 is 0 Å². The van der Waals surface area contributed by atoms with Crippen LogP contribution in [0.3, 0.4) is 0 Å². The van der Waals surface area contributed by atoms with Crippen LogP contribution in [0.1, 0.15) is 0 Å². The Hall–Kier alpha value is -0.350. The Bertz CT molecular complexity index is 326. The van der Waals surface area contributed by atoms with Gasteiger partial charge in [-0.3, -0.25) is 0 Å². The van der Waals surface area contributed by atoms with Gasteiger partial charge >= 0.3 is 0 Å². The normalized spacial score (nSPS) is 10.8. The molecule has 4 heteroatoms. The molecule has 9 heavy (non-hydrogen) atoms. The van der Waals surface area contributed by atoms with Crippen molar-refractivity contribution < 1.29 is 4.52 Å². The predicted molar refractivity (Wildman–Crippen MR) is 39.6 cm³/mol. The molecule has 0 aliphatic rings. The van der Waals surface area contributed by atoms with Crippen LogP contribution < -0.4 is 0 Å². The molecular formula is C5H2BrNOS. The van der Waals surface area contributed by atoms with Crippen molar-refractivity contribution in [3.05, 3.63) is 16.1 Å². The third kappa shape index (κ3) is 0.702. The lowest BCUT2D eigenvalue weighted by Crippen LogP contribution is -1.56. The van der Waals surface area contributed by atoms with E-state index in [-0.39, 0.29) is 0 Å². The Kier molecular flexibility index (Phi) is 1.10. The van der Waals surface area contributed by atoms with Crippen molar-refractivity contribution in [1.82, 2.24) is 5.16 Å². The Labute approximate surface area is 63.6 Å². The first kappa shape index (κ1) is 5.44. The van der Waals surface area contributed by atoms with Gasteiger partial charge in [0.05, 0.1) is 9.17 Å². The van der Waals surface area contributed by atoms with Gasteiger partial charge in [-0.2, -0.15) is 0 Å². The minimum Gasteiger partial charge on any atom is -0.363 e. The van der Waals surface area contributed by atoms with Gasteiger partial charge in [0.15, 0.2) is 0 Å². The maximum Gasteiger partial charge on any atom is 0.141 e. The van der Waals surface area contributed by atoms with Gasteiger partial charge in [0.25, 0.3) is 0 Å². The summed E-state index contributed by atoms with van der Waals surface area (Å²) in [7, 11) is 0. The second kappa shape index (κ2) is 1.82. The van der Waals surface area contributed by atoms with E-state index in [1.807, 2.05) is 5.38 Å². The number of hydrogen-bond acceptors (Lipinski definition) is 3. The highest BCUT2D eigenvalue weighted by molar-refractivity contribution is 9.10. The highest BCUT2D eigenvalue weighted by Gasteiger charge is 2.02. The monoisotopic (exact) mass is 203 g/mol. The molecule has 0 radical (unpaired) electrons. The molecule has 0 bridgehead atoms. The highest BCUT2D eigenvalue weighted by Crippen LogP contribution is 2.28. The van der Waals surface area contributed by atoms with Crippen LogP contribution in [0.25, 0.3) is 10.2 Å². The zero-order valence-electron chi connectivity index (χ0n) is 4.30. The molecule has 2 rings (SSSR count). The molecule has 0 atom stereocenters. The van der Waals surface area contributed by atoms with E-state index in [0.29, 0.717) is 0 Å². The van der Waals surface area contributed by atoms with Crippen LogP contribution in [0, 0.1) is 0 Å². The molecule has 0 spiro atoms. The average Bonchev–Trinajstić information content (AvgIpc) is 2.35. The molecular weight excluding hydrogens is 202 g/mol. The topological polar surface area (TPSA) is 26.0 Å². The standard InChI is InChI=1S/C5H2BrNOS/c6-3-2-9-4-1-8-7-5(3)4/h1-2H. The van der Waals surface area contributed by atoms with Crippen LogP contribution in [0.5, 0.6) is 0 Å². The minimum atomic E-state index is 0.917. The Morgan fingerprint density at radius 2 is 2.56 bits per heavy atom. The summed E-state index contributed by atoms with van der Waals surface area (Å²) >= 11 is 4.95. The molecule has 2 aromatic heterocycles. The third-order valence-electron chi connectivity index (χ3n) is 1.05. The van der Waals surface area contributed by atoms with Crippen molar-refractivity contribution >= 4 is 37.5 Å². The fraction of sp³-hybridized carbons (Fsp3) is 0. The SMILES string of the molecule is Brc1csc2conc12. The van der Waals surface area contributed by atoms with E-state index in [0.717, 1.165) is 14.7 Å². The zero-order valence-corrected chi connectivity index (χ0v) is 6.70. The summed E-state index contributed by atoms with van der Waals surface area (Å²) in [4.78, 5) is 0. The van der Waals surface area contributed by atoms with Gasteiger partial charge in [0.2, 0.25) is 0 Å². The van der Waals surface area contributed by atoms with Crippen LogP contribution in [0.2, 0.25) is 0 Å². The van der Waals surface area contributed by atoms with Gasteiger partial charge in [-0.05, 0) is 15.9 Å². The minimum absolute atomic E-state index is 0.917. The van der Waals surface area contributed by atoms with Crippen LogP contribution in [0.15, 0.2) is 20.6 Å². The smallest absolute Gasteiger partial charge is 0.141 e. The molecule has 0 unspecified atom stereocenters. The number of rotatable bonds is 0. The second-order valence-electron chi connectivity index (χ2n) is 1.61. The van der Waals surface area contributed by atoms with Crippen LogP contribution >= 0.6 is 27.3 Å². The van der Waals surface area contributed by atoms with Crippen molar-refractivity contribution in [1.29, 1.82) is 0 Å². The molecule has 0 N–H and O–H groups in total.